The van der Waals surface area contributed by atoms with Gasteiger partial charge in [0.2, 0.25) is 17.7 Å². The second kappa shape index (κ2) is 9.23. The first-order valence-electron chi connectivity index (χ1n) is 8.12. The number of carbonyl (C=O) groups excluding carboxylic acids is 3. The third kappa shape index (κ3) is 6.40. The third-order valence-corrected chi connectivity index (χ3v) is 3.75. The van der Waals surface area contributed by atoms with Crippen LogP contribution in [-0.2, 0) is 20.8 Å². The maximum Gasteiger partial charge on any atom is 0.243 e. The van der Waals surface area contributed by atoms with Crippen molar-refractivity contribution in [2.45, 2.75) is 44.7 Å². The highest BCUT2D eigenvalue weighted by atomic mass is 19.2. The molecule has 6 N–H and O–H groups in total. The molecule has 1 aromatic carbocycles. The standard InChI is InChI=1S/C17H24F2N4O3/c1-17(2,16(21)26)23-15(25)13(4-3-7-20)22-14(24)9-10-5-6-11(18)12(19)8-10/h5-6,8,13H,3-4,7,9,20H2,1-2H3,(H2,21,26)(H,22,24)(H,23,25)/t13-/m1/s1. The first-order valence-corrected chi connectivity index (χ1v) is 8.12. The molecule has 26 heavy (non-hydrogen) atoms. The van der Waals surface area contributed by atoms with Crippen LogP contribution in [0.3, 0.4) is 0 Å². The van der Waals surface area contributed by atoms with Gasteiger partial charge in [-0.05, 0) is 50.9 Å². The fraction of sp³-hybridized carbons (Fsp3) is 0.471. The number of nitrogens with two attached hydrogens (primary N) is 2. The smallest absolute Gasteiger partial charge is 0.243 e. The molecule has 0 fully saturated rings. The van der Waals surface area contributed by atoms with Gasteiger partial charge in [0.05, 0.1) is 6.42 Å². The molecule has 0 aromatic heterocycles. The van der Waals surface area contributed by atoms with Crippen LogP contribution >= 0.6 is 0 Å². The van der Waals surface area contributed by atoms with Crippen molar-refractivity contribution in [1.82, 2.24) is 10.6 Å². The minimum atomic E-state index is -1.29. The van der Waals surface area contributed by atoms with Crippen LogP contribution in [0.5, 0.6) is 0 Å². The van der Waals surface area contributed by atoms with E-state index in [4.69, 9.17) is 11.5 Å². The number of hydrogen-bond acceptors (Lipinski definition) is 4. The Morgan fingerprint density at radius 2 is 1.85 bits per heavy atom. The summed E-state index contributed by atoms with van der Waals surface area (Å²) in [5.74, 6) is -3.93. The fourth-order valence-electron chi connectivity index (χ4n) is 2.13. The van der Waals surface area contributed by atoms with Crippen LogP contribution in [0, 0.1) is 11.6 Å². The number of hydrogen-bond donors (Lipinski definition) is 4. The van der Waals surface area contributed by atoms with Gasteiger partial charge in [-0.2, -0.15) is 0 Å². The summed E-state index contributed by atoms with van der Waals surface area (Å²) in [6, 6.07) is 2.18. The SMILES string of the molecule is CC(C)(NC(=O)[C@@H](CCCN)NC(=O)Cc1ccc(F)c(F)c1)C(N)=O. The van der Waals surface area contributed by atoms with E-state index in [0.29, 0.717) is 13.0 Å². The van der Waals surface area contributed by atoms with Crippen LogP contribution in [0.15, 0.2) is 18.2 Å². The molecule has 1 rings (SSSR count). The van der Waals surface area contributed by atoms with Gasteiger partial charge in [0.15, 0.2) is 11.6 Å². The second-order valence-electron chi connectivity index (χ2n) is 6.45. The molecule has 0 bridgehead atoms. The number of carbonyl (C=O) groups is 3. The molecule has 3 amide bonds. The van der Waals surface area contributed by atoms with Gasteiger partial charge >= 0.3 is 0 Å². The van der Waals surface area contributed by atoms with Crippen molar-refractivity contribution in [2.24, 2.45) is 11.5 Å². The predicted molar refractivity (Wildman–Crippen MR) is 91.7 cm³/mol. The van der Waals surface area contributed by atoms with Crippen LogP contribution in [-0.4, -0.2) is 35.8 Å². The van der Waals surface area contributed by atoms with Crippen molar-refractivity contribution in [2.75, 3.05) is 6.54 Å². The van der Waals surface area contributed by atoms with E-state index in [-0.39, 0.29) is 18.4 Å². The molecule has 0 saturated carbocycles. The minimum absolute atomic E-state index is 0.233. The zero-order valence-electron chi connectivity index (χ0n) is 14.8. The number of benzene rings is 1. The van der Waals surface area contributed by atoms with Crippen molar-refractivity contribution >= 4 is 17.7 Å². The van der Waals surface area contributed by atoms with Crippen molar-refractivity contribution in [3.8, 4) is 0 Å². The van der Waals surface area contributed by atoms with Crippen LogP contribution < -0.4 is 22.1 Å². The summed E-state index contributed by atoms with van der Waals surface area (Å²) in [7, 11) is 0. The molecule has 9 heteroatoms. The van der Waals surface area contributed by atoms with E-state index in [0.717, 1.165) is 12.1 Å². The molecule has 0 spiro atoms. The summed E-state index contributed by atoms with van der Waals surface area (Å²) in [6.45, 7) is 3.19. The van der Waals surface area contributed by atoms with E-state index < -0.39 is 40.9 Å². The molecular formula is C17H24F2N4O3. The number of halogens is 2. The summed E-state index contributed by atoms with van der Waals surface area (Å²) >= 11 is 0. The summed E-state index contributed by atoms with van der Waals surface area (Å²) < 4.78 is 26.2. The summed E-state index contributed by atoms with van der Waals surface area (Å²) in [5.41, 5.74) is 9.64. The molecular weight excluding hydrogens is 346 g/mol. The lowest BCUT2D eigenvalue weighted by atomic mass is 10.0. The molecule has 0 aliphatic heterocycles. The maximum absolute atomic E-state index is 13.2. The molecule has 144 valence electrons. The molecule has 0 saturated heterocycles. The quantitative estimate of drug-likeness (QED) is 0.492. The van der Waals surface area contributed by atoms with Crippen LogP contribution in [0.25, 0.3) is 0 Å². The topological polar surface area (TPSA) is 127 Å². The van der Waals surface area contributed by atoms with Crippen LogP contribution in [0.2, 0.25) is 0 Å². The van der Waals surface area contributed by atoms with E-state index in [1.54, 1.807) is 0 Å². The van der Waals surface area contributed by atoms with Gasteiger partial charge in [-0.25, -0.2) is 8.78 Å². The molecule has 0 radical (unpaired) electrons. The van der Waals surface area contributed by atoms with E-state index >= 15 is 0 Å². The Morgan fingerprint density at radius 3 is 2.38 bits per heavy atom. The Morgan fingerprint density at radius 1 is 1.19 bits per heavy atom. The van der Waals surface area contributed by atoms with Crippen LogP contribution in [0.1, 0.15) is 32.3 Å². The molecule has 1 atom stereocenters. The van der Waals surface area contributed by atoms with Gasteiger partial charge < -0.3 is 22.1 Å². The summed E-state index contributed by atoms with van der Waals surface area (Å²) in [6.07, 6.45) is 0.476. The normalized spacial score (nSPS) is 12.3. The highest BCUT2D eigenvalue weighted by molar-refractivity contribution is 5.93. The number of nitrogens with one attached hydrogen (secondary N) is 2. The average molecular weight is 370 g/mol. The van der Waals surface area contributed by atoms with Crippen molar-refractivity contribution in [3.05, 3.63) is 35.4 Å². The van der Waals surface area contributed by atoms with Gasteiger partial charge in [0.25, 0.3) is 0 Å². The Hall–Kier alpha value is -2.55. The summed E-state index contributed by atoms with van der Waals surface area (Å²) in [4.78, 5) is 35.9. The zero-order chi connectivity index (χ0) is 19.9. The monoisotopic (exact) mass is 370 g/mol. The van der Waals surface area contributed by atoms with Gasteiger partial charge in [-0.3, -0.25) is 14.4 Å². The van der Waals surface area contributed by atoms with Crippen molar-refractivity contribution in [3.63, 3.8) is 0 Å². The molecule has 0 heterocycles. The Bertz CT molecular complexity index is 680. The van der Waals surface area contributed by atoms with E-state index in [1.807, 2.05) is 0 Å². The van der Waals surface area contributed by atoms with E-state index in [1.165, 1.54) is 19.9 Å². The van der Waals surface area contributed by atoms with Gasteiger partial charge in [0.1, 0.15) is 11.6 Å². The van der Waals surface area contributed by atoms with Crippen molar-refractivity contribution < 1.29 is 23.2 Å². The molecule has 1 aromatic rings. The second-order valence-corrected chi connectivity index (χ2v) is 6.45. The first-order chi connectivity index (χ1) is 12.1. The van der Waals surface area contributed by atoms with E-state index in [2.05, 4.69) is 10.6 Å². The van der Waals surface area contributed by atoms with Gasteiger partial charge in [-0.15, -0.1) is 0 Å². The summed E-state index contributed by atoms with van der Waals surface area (Å²) in [5, 5.41) is 4.99. The lowest BCUT2D eigenvalue weighted by molar-refractivity contribution is -0.133. The first kappa shape index (κ1) is 21.5. The average Bonchev–Trinajstić information content (AvgIpc) is 2.54. The Kier molecular flexibility index (Phi) is 7.63. The highest BCUT2D eigenvalue weighted by Crippen LogP contribution is 2.10. The molecule has 0 aliphatic rings. The predicted octanol–water partition coefficient (Wildman–Crippen LogP) is 0.111. The fourth-order valence-corrected chi connectivity index (χ4v) is 2.13. The van der Waals surface area contributed by atoms with Crippen molar-refractivity contribution in [1.29, 1.82) is 0 Å². The molecule has 7 nitrogen and oxygen atoms in total. The number of rotatable bonds is 9. The Labute approximate surface area is 150 Å². The minimum Gasteiger partial charge on any atom is -0.368 e. The van der Waals surface area contributed by atoms with Gasteiger partial charge in [-0.1, -0.05) is 6.07 Å². The van der Waals surface area contributed by atoms with Crippen LogP contribution in [0.4, 0.5) is 8.78 Å². The molecule has 0 aliphatic carbocycles. The zero-order valence-corrected chi connectivity index (χ0v) is 14.8. The Balaban J connectivity index is 2.79. The number of amides is 3. The maximum atomic E-state index is 13.2. The number of primary amides is 1. The highest BCUT2D eigenvalue weighted by Gasteiger charge is 2.30. The lowest BCUT2D eigenvalue weighted by Crippen LogP contribution is -2.58. The largest absolute Gasteiger partial charge is 0.368 e. The lowest BCUT2D eigenvalue weighted by Gasteiger charge is -2.26. The van der Waals surface area contributed by atoms with E-state index in [9.17, 15) is 23.2 Å². The molecule has 0 unspecified atom stereocenters. The third-order valence-electron chi connectivity index (χ3n) is 3.75. The van der Waals surface area contributed by atoms with Gasteiger partial charge in [0, 0.05) is 0 Å².